The smallest absolute Gasteiger partial charge is 0.151 e. The number of rotatable bonds is 7. The molecule has 2 heterocycles. The minimum Gasteiger partial charge on any atom is -0.468 e. The molecule has 0 aromatic carbocycles. The SMILES string of the molecule is CCN(Cc1ccco1)Cc1cc(CNC)no1. The quantitative estimate of drug-likeness (QED) is 0.813. The van der Waals surface area contributed by atoms with Crippen LogP contribution in [-0.2, 0) is 19.6 Å². The highest BCUT2D eigenvalue weighted by Gasteiger charge is 2.10. The van der Waals surface area contributed by atoms with E-state index in [4.69, 9.17) is 8.94 Å². The van der Waals surface area contributed by atoms with Crippen molar-refractivity contribution in [1.29, 1.82) is 0 Å². The van der Waals surface area contributed by atoms with Gasteiger partial charge in [0, 0.05) is 12.6 Å². The average molecular weight is 249 g/mol. The van der Waals surface area contributed by atoms with Crippen molar-refractivity contribution < 1.29 is 8.94 Å². The molecule has 0 unspecified atom stereocenters. The number of aromatic nitrogens is 1. The summed E-state index contributed by atoms with van der Waals surface area (Å²) in [5.74, 6) is 1.85. The Hall–Kier alpha value is -1.59. The summed E-state index contributed by atoms with van der Waals surface area (Å²) in [6, 6.07) is 5.87. The zero-order valence-corrected chi connectivity index (χ0v) is 10.8. The predicted molar refractivity (Wildman–Crippen MR) is 67.8 cm³/mol. The number of hydrogen-bond donors (Lipinski definition) is 1. The first-order valence-corrected chi connectivity index (χ1v) is 6.15. The van der Waals surface area contributed by atoms with Gasteiger partial charge in [-0.1, -0.05) is 12.1 Å². The highest BCUT2D eigenvalue weighted by atomic mass is 16.5. The van der Waals surface area contributed by atoms with Gasteiger partial charge in [0.05, 0.1) is 25.0 Å². The maximum Gasteiger partial charge on any atom is 0.151 e. The van der Waals surface area contributed by atoms with Crippen molar-refractivity contribution in [2.45, 2.75) is 26.6 Å². The van der Waals surface area contributed by atoms with Gasteiger partial charge in [-0.15, -0.1) is 0 Å². The molecule has 0 atom stereocenters. The summed E-state index contributed by atoms with van der Waals surface area (Å²) in [5.41, 5.74) is 0.932. The van der Waals surface area contributed by atoms with Crippen molar-refractivity contribution in [2.24, 2.45) is 0 Å². The summed E-state index contributed by atoms with van der Waals surface area (Å²) < 4.78 is 10.7. The van der Waals surface area contributed by atoms with Gasteiger partial charge in [0.1, 0.15) is 5.76 Å². The predicted octanol–water partition coefficient (Wildman–Crippen LogP) is 2.01. The van der Waals surface area contributed by atoms with E-state index in [9.17, 15) is 0 Å². The second-order valence-corrected chi connectivity index (χ2v) is 4.20. The molecule has 18 heavy (non-hydrogen) atoms. The topological polar surface area (TPSA) is 54.4 Å². The maximum atomic E-state index is 5.35. The number of hydrogen-bond acceptors (Lipinski definition) is 5. The molecule has 98 valence electrons. The molecule has 0 saturated carbocycles. The van der Waals surface area contributed by atoms with Crippen molar-refractivity contribution in [3.05, 3.63) is 41.7 Å². The molecule has 1 N–H and O–H groups in total. The van der Waals surface area contributed by atoms with Crippen molar-refractivity contribution in [2.75, 3.05) is 13.6 Å². The fourth-order valence-electron chi connectivity index (χ4n) is 1.82. The van der Waals surface area contributed by atoms with E-state index in [0.29, 0.717) is 0 Å². The molecule has 2 rings (SSSR count). The lowest BCUT2D eigenvalue weighted by atomic mass is 10.3. The van der Waals surface area contributed by atoms with Crippen LogP contribution >= 0.6 is 0 Å². The first-order valence-electron chi connectivity index (χ1n) is 6.15. The minimum absolute atomic E-state index is 0.730. The fraction of sp³-hybridized carbons (Fsp3) is 0.462. The summed E-state index contributed by atoms with van der Waals surface area (Å²) in [6.45, 7) is 5.31. The van der Waals surface area contributed by atoms with Gasteiger partial charge in [-0.2, -0.15) is 0 Å². The molecule has 0 aliphatic rings. The minimum atomic E-state index is 0.730. The van der Waals surface area contributed by atoms with E-state index in [-0.39, 0.29) is 0 Å². The van der Waals surface area contributed by atoms with Crippen LogP contribution in [0.15, 0.2) is 33.4 Å². The number of furan rings is 1. The third-order valence-corrected chi connectivity index (χ3v) is 2.75. The van der Waals surface area contributed by atoms with Crippen LogP contribution in [0.2, 0.25) is 0 Å². The third-order valence-electron chi connectivity index (χ3n) is 2.75. The summed E-state index contributed by atoms with van der Waals surface area (Å²) in [6.07, 6.45) is 1.70. The van der Waals surface area contributed by atoms with Crippen LogP contribution in [0.25, 0.3) is 0 Å². The Morgan fingerprint density at radius 1 is 1.33 bits per heavy atom. The van der Waals surface area contributed by atoms with Gasteiger partial charge < -0.3 is 14.3 Å². The molecule has 0 spiro atoms. The lowest BCUT2D eigenvalue weighted by Crippen LogP contribution is -2.21. The maximum absolute atomic E-state index is 5.35. The van der Waals surface area contributed by atoms with Crippen molar-refractivity contribution in [1.82, 2.24) is 15.4 Å². The van der Waals surface area contributed by atoms with Gasteiger partial charge >= 0.3 is 0 Å². The largest absolute Gasteiger partial charge is 0.468 e. The molecular weight excluding hydrogens is 230 g/mol. The standard InChI is InChI=1S/C13H19N3O2/c1-3-16(9-12-5-4-6-17-12)10-13-7-11(8-14-2)15-18-13/h4-7,14H,3,8-10H2,1-2H3. The monoisotopic (exact) mass is 249 g/mol. The summed E-state index contributed by atoms with van der Waals surface area (Å²) in [7, 11) is 1.89. The molecule has 2 aromatic heterocycles. The molecule has 0 radical (unpaired) electrons. The summed E-state index contributed by atoms with van der Waals surface area (Å²) in [5, 5.41) is 7.05. The van der Waals surface area contributed by atoms with Crippen LogP contribution in [0.1, 0.15) is 24.1 Å². The van der Waals surface area contributed by atoms with Crippen molar-refractivity contribution in [3.63, 3.8) is 0 Å². The van der Waals surface area contributed by atoms with E-state index < -0.39 is 0 Å². The second kappa shape index (κ2) is 6.37. The van der Waals surface area contributed by atoms with E-state index in [2.05, 4.69) is 22.3 Å². The van der Waals surface area contributed by atoms with Crippen molar-refractivity contribution in [3.8, 4) is 0 Å². The van der Waals surface area contributed by atoms with Gasteiger partial charge in [-0.25, -0.2) is 0 Å². The fourth-order valence-corrected chi connectivity index (χ4v) is 1.82. The van der Waals surface area contributed by atoms with Crippen LogP contribution < -0.4 is 5.32 Å². The zero-order valence-electron chi connectivity index (χ0n) is 10.8. The first kappa shape index (κ1) is 12.9. The molecule has 0 aliphatic heterocycles. The lowest BCUT2D eigenvalue weighted by molar-refractivity contribution is 0.217. The Morgan fingerprint density at radius 3 is 2.83 bits per heavy atom. The Kier molecular flexibility index (Phi) is 4.55. The van der Waals surface area contributed by atoms with Crippen LogP contribution in [-0.4, -0.2) is 23.6 Å². The Labute approximate surface area is 107 Å². The summed E-state index contributed by atoms with van der Waals surface area (Å²) >= 11 is 0. The zero-order chi connectivity index (χ0) is 12.8. The highest BCUT2D eigenvalue weighted by molar-refractivity contribution is 5.05. The molecule has 0 saturated heterocycles. The molecule has 5 nitrogen and oxygen atoms in total. The van der Waals surface area contributed by atoms with Crippen LogP contribution in [0.3, 0.4) is 0 Å². The lowest BCUT2D eigenvalue weighted by Gasteiger charge is -2.16. The number of nitrogens with zero attached hydrogens (tertiary/aromatic N) is 2. The van der Waals surface area contributed by atoms with E-state index >= 15 is 0 Å². The highest BCUT2D eigenvalue weighted by Crippen LogP contribution is 2.11. The normalized spacial score (nSPS) is 11.3. The van der Waals surface area contributed by atoms with Gasteiger partial charge in [0.25, 0.3) is 0 Å². The first-order chi connectivity index (χ1) is 8.81. The average Bonchev–Trinajstić information content (AvgIpc) is 3.01. The molecule has 0 amide bonds. The Morgan fingerprint density at radius 2 is 2.17 bits per heavy atom. The van der Waals surface area contributed by atoms with E-state index in [1.807, 2.05) is 25.2 Å². The molecule has 0 fully saturated rings. The third kappa shape index (κ3) is 3.45. The van der Waals surface area contributed by atoms with E-state index in [1.165, 1.54) is 0 Å². The van der Waals surface area contributed by atoms with Crippen molar-refractivity contribution >= 4 is 0 Å². The van der Waals surface area contributed by atoms with E-state index in [1.54, 1.807) is 6.26 Å². The Bertz CT molecular complexity index is 451. The molecule has 5 heteroatoms. The second-order valence-electron chi connectivity index (χ2n) is 4.20. The van der Waals surface area contributed by atoms with Gasteiger partial charge in [0.2, 0.25) is 0 Å². The summed E-state index contributed by atoms with van der Waals surface area (Å²) in [4.78, 5) is 2.24. The Balaban J connectivity index is 1.92. The molecular formula is C13H19N3O2. The molecule has 0 aliphatic carbocycles. The van der Waals surface area contributed by atoms with Crippen LogP contribution in [0.5, 0.6) is 0 Å². The van der Waals surface area contributed by atoms with Crippen LogP contribution in [0.4, 0.5) is 0 Å². The van der Waals surface area contributed by atoms with Gasteiger partial charge in [-0.3, -0.25) is 4.90 Å². The van der Waals surface area contributed by atoms with Gasteiger partial charge in [0.15, 0.2) is 5.76 Å². The van der Waals surface area contributed by atoms with Crippen LogP contribution in [0, 0.1) is 0 Å². The molecule has 2 aromatic rings. The van der Waals surface area contributed by atoms with E-state index in [0.717, 1.165) is 43.4 Å². The van der Waals surface area contributed by atoms with Gasteiger partial charge in [-0.05, 0) is 25.7 Å². The number of nitrogens with one attached hydrogen (secondary N) is 1. The molecule has 0 bridgehead atoms.